The molecule has 0 aromatic heterocycles. The predicted octanol–water partition coefficient (Wildman–Crippen LogP) is 3.13. The average Bonchev–Trinajstić information content (AvgIpc) is 2.85. The van der Waals surface area contributed by atoms with Crippen molar-refractivity contribution in [1.29, 1.82) is 0 Å². The van der Waals surface area contributed by atoms with Gasteiger partial charge in [-0.15, -0.1) is 0 Å². The van der Waals surface area contributed by atoms with Crippen LogP contribution in [-0.2, 0) is 4.79 Å². The van der Waals surface area contributed by atoms with Crippen LogP contribution in [0.25, 0.3) is 0 Å². The maximum atomic E-state index is 11.9. The van der Waals surface area contributed by atoms with Crippen molar-refractivity contribution < 1.29 is 9.53 Å². The number of carbonyl (C=O) groups excluding carboxylic acids is 1. The van der Waals surface area contributed by atoms with E-state index < -0.39 is 0 Å². The van der Waals surface area contributed by atoms with Gasteiger partial charge >= 0.3 is 0 Å². The second kappa shape index (κ2) is 5.21. The lowest BCUT2D eigenvalue weighted by molar-refractivity contribution is -0.119. The van der Waals surface area contributed by atoms with Gasteiger partial charge in [0.1, 0.15) is 5.75 Å². The van der Waals surface area contributed by atoms with E-state index in [0.717, 1.165) is 29.8 Å². The van der Waals surface area contributed by atoms with Crippen LogP contribution in [0.15, 0.2) is 18.2 Å². The van der Waals surface area contributed by atoms with Crippen molar-refractivity contribution in [3.63, 3.8) is 0 Å². The van der Waals surface area contributed by atoms with Gasteiger partial charge in [-0.25, -0.2) is 0 Å². The number of methoxy groups -OCH3 is 1. The first-order valence-electron chi connectivity index (χ1n) is 6.16. The number of ether oxygens (including phenoxy) is 1. The summed E-state index contributed by atoms with van der Waals surface area (Å²) in [7, 11) is 1.64. The van der Waals surface area contributed by atoms with Gasteiger partial charge in [0.25, 0.3) is 0 Å². The zero-order valence-corrected chi connectivity index (χ0v) is 10.5. The molecule has 92 valence electrons. The number of amides is 1. The summed E-state index contributed by atoms with van der Waals surface area (Å²) in [6, 6.07) is 5.76. The minimum Gasteiger partial charge on any atom is -0.496 e. The molecule has 17 heavy (non-hydrogen) atoms. The molecule has 0 saturated heterocycles. The molecule has 0 radical (unpaired) electrons. The van der Waals surface area contributed by atoms with Crippen LogP contribution in [-0.4, -0.2) is 13.0 Å². The van der Waals surface area contributed by atoms with Gasteiger partial charge in [0, 0.05) is 17.7 Å². The first-order chi connectivity index (χ1) is 8.20. The summed E-state index contributed by atoms with van der Waals surface area (Å²) in [6.07, 6.45) is 4.40. The predicted molar refractivity (Wildman–Crippen MR) is 68.3 cm³/mol. The molecule has 0 unspecified atom stereocenters. The molecule has 0 aliphatic heterocycles. The molecule has 1 saturated carbocycles. The lowest BCUT2D eigenvalue weighted by atomic mass is 10.1. The number of carbonyl (C=O) groups is 1. The van der Waals surface area contributed by atoms with Gasteiger partial charge in [-0.3, -0.25) is 4.79 Å². The van der Waals surface area contributed by atoms with Crippen LogP contribution in [0.5, 0.6) is 5.75 Å². The molecule has 3 heteroatoms. The van der Waals surface area contributed by atoms with Crippen LogP contribution < -0.4 is 10.1 Å². The zero-order valence-electron chi connectivity index (χ0n) is 10.5. The van der Waals surface area contributed by atoms with Gasteiger partial charge in [0.15, 0.2) is 0 Å². The Morgan fingerprint density at radius 1 is 1.35 bits per heavy atom. The van der Waals surface area contributed by atoms with Gasteiger partial charge in [-0.2, -0.15) is 0 Å². The average molecular weight is 233 g/mol. The third kappa shape index (κ3) is 2.78. The quantitative estimate of drug-likeness (QED) is 0.871. The number of hydrogen-bond donors (Lipinski definition) is 1. The number of rotatable bonds is 3. The second-order valence-electron chi connectivity index (χ2n) is 4.66. The van der Waals surface area contributed by atoms with Crippen molar-refractivity contribution in [2.75, 3.05) is 12.4 Å². The lowest BCUT2D eigenvalue weighted by Gasteiger charge is -2.12. The summed E-state index contributed by atoms with van der Waals surface area (Å²) in [6.45, 7) is 1.99. The summed E-state index contributed by atoms with van der Waals surface area (Å²) in [5.74, 6) is 1.16. The van der Waals surface area contributed by atoms with E-state index in [1.807, 2.05) is 25.1 Å². The first-order valence-corrected chi connectivity index (χ1v) is 6.16. The number of benzene rings is 1. The lowest BCUT2D eigenvalue weighted by Crippen LogP contribution is -2.20. The normalized spacial score (nSPS) is 15.9. The van der Waals surface area contributed by atoms with E-state index in [9.17, 15) is 4.79 Å². The minimum absolute atomic E-state index is 0.147. The molecule has 0 atom stereocenters. The van der Waals surface area contributed by atoms with Crippen molar-refractivity contribution in [1.82, 2.24) is 0 Å². The van der Waals surface area contributed by atoms with Crippen molar-refractivity contribution >= 4 is 11.6 Å². The van der Waals surface area contributed by atoms with Gasteiger partial charge < -0.3 is 10.1 Å². The number of aryl methyl sites for hydroxylation is 1. The number of anilines is 1. The largest absolute Gasteiger partial charge is 0.496 e. The maximum Gasteiger partial charge on any atom is 0.227 e. The Kier molecular flexibility index (Phi) is 3.67. The van der Waals surface area contributed by atoms with E-state index in [0.29, 0.717) is 0 Å². The molecular formula is C14H19NO2. The van der Waals surface area contributed by atoms with Crippen LogP contribution in [0.3, 0.4) is 0 Å². The fourth-order valence-corrected chi connectivity index (χ4v) is 2.33. The van der Waals surface area contributed by atoms with Gasteiger partial charge in [0.05, 0.1) is 7.11 Å². The standard InChI is InChI=1S/C14H19NO2/c1-10-7-8-12(9-13(10)17-2)15-14(16)11-5-3-4-6-11/h7-9,11H,3-6H2,1-2H3,(H,15,16). The van der Waals surface area contributed by atoms with Crippen LogP contribution in [0.1, 0.15) is 31.2 Å². The topological polar surface area (TPSA) is 38.3 Å². The van der Waals surface area contributed by atoms with E-state index >= 15 is 0 Å². The van der Waals surface area contributed by atoms with Crippen molar-refractivity contribution in [2.45, 2.75) is 32.6 Å². The Hall–Kier alpha value is -1.51. The Morgan fingerprint density at radius 3 is 2.71 bits per heavy atom. The monoisotopic (exact) mass is 233 g/mol. The third-order valence-corrected chi connectivity index (χ3v) is 3.40. The summed E-state index contributed by atoms with van der Waals surface area (Å²) < 4.78 is 5.24. The number of nitrogens with one attached hydrogen (secondary N) is 1. The van der Waals surface area contributed by atoms with Crippen LogP contribution in [0, 0.1) is 12.8 Å². The molecule has 0 heterocycles. The Labute approximate surface area is 102 Å². The van der Waals surface area contributed by atoms with Crippen LogP contribution in [0.4, 0.5) is 5.69 Å². The molecule has 1 amide bonds. The Balaban J connectivity index is 2.05. The van der Waals surface area contributed by atoms with Crippen molar-refractivity contribution in [3.05, 3.63) is 23.8 Å². The van der Waals surface area contributed by atoms with Gasteiger partial charge in [-0.1, -0.05) is 18.9 Å². The molecule has 1 fully saturated rings. The summed E-state index contributed by atoms with van der Waals surface area (Å²) in [4.78, 5) is 11.9. The Bertz CT molecular complexity index is 409. The molecule has 2 rings (SSSR count). The van der Waals surface area contributed by atoms with Crippen molar-refractivity contribution in [3.8, 4) is 5.75 Å². The highest BCUT2D eigenvalue weighted by Crippen LogP contribution is 2.27. The Morgan fingerprint density at radius 2 is 2.06 bits per heavy atom. The van der Waals surface area contributed by atoms with Gasteiger partial charge in [-0.05, 0) is 31.4 Å². The molecule has 1 aliphatic rings. The molecule has 0 spiro atoms. The van der Waals surface area contributed by atoms with E-state index in [1.54, 1.807) is 7.11 Å². The fraction of sp³-hybridized carbons (Fsp3) is 0.500. The smallest absolute Gasteiger partial charge is 0.227 e. The fourth-order valence-electron chi connectivity index (χ4n) is 2.33. The second-order valence-corrected chi connectivity index (χ2v) is 4.66. The van der Waals surface area contributed by atoms with Crippen molar-refractivity contribution in [2.24, 2.45) is 5.92 Å². The van der Waals surface area contributed by atoms with E-state index in [2.05, 4.69) is 5.32 Å². The molecule has 1 aliphatic carbocycles. The third-order valence-electron chi connectivity index (χ3n) is 3.40. The van der Waals surface area contributed by atoms with E-state index in [1.165, 1.54) is 12.8 Å². The molecule has 1 N–H and O–H groups in total. The van der Waals surface area contributed by atoms with E-state index in [4.69, 9.17) is 4.74 Å². The molecular weight excluding hydrogens is 214 g/mol. The highest BCUT2D eigenvalue weighted by molar-refractivity contribution is 5.92. The molecule has 1 aromatic rings. The summed E-state index contributed by atoms with van der Waals surface area (Å²) >= 11 is 0. The van der Waals surface area contributed by atoms with Gasteiger partial charge in [0.2, 0.25) is 5.91 Å². The summed E-state index contributed by atoms with van der Waals surface area (Å²) in [5.41, 5.74) is 1.90. The highest BCUT2D eigenvalue weighted by atomic mass is 16.5. The molecule has 3 nitrogen and oxygen atoms in total. The number of hydrogen-bond acceptors (Lipinski definition) is 2. The summed E-state index contributed by atoms with van der Waals surface area (Å²) in [5, 5.41) is 2.97. The minimum atomic E-state index is 0.147. The SMILES string of the molecule is COc1cc(NC(=O)C2CCCC2)ccc1C. The zero-order chi connectivity index (χ0) is 12.3. The molecule has 0 bridgehead atoms. The van der Waals surface area contributed by atoms with Crippen LogP contribution >= 0.6 is 0 Å². The maximum absolute atomic E-state index is 11.9. The molecule has 1 aromatic carbocycles. The van der Waals surface area contributed by atoms with Crippen LogP contribution in [0.2, 0.25) is 0 Å². The highest BCUT2D eigenvalue weighted by Gasteiger charge is 2.22. The first kappa shape index (κ1) is 12.0. The van der Waals surface area contributed by atoms with E-state index in [-0.39, 0.29) is 11.8 Å².